The van der Waals surface area contributed by atoms with Gasteiger partial charge >= 0.3 is 0 Å². The molecule has 4 N–H and O–H groups in total. The zero-order valence-corrected chi connectivity index (χ0v) is 13.0. The predicted octanol–water partition coefficient (Wildman–Crippen LogP) is 2.28. The number of hydrazone groups is 1. The predicted molar refractivity (Wildman–Crippen MR) is 89.9 cm³/mol. The highest BCUT2D eigenvalue weighted by Crippen LogP contribution is 2.20. The number of carbonyl (C=O) groups is 1. The summed E-state index contributed by atoms with van der Waals surface area (Å²) in [5.74, 6) is -0.461. The Morgan fingerprint density at radius 2 is 1.96 bits per heavy atom. The topological polar surface area (TPSA) is 94.0 Å². The molecule has 0 saturated carbocycles. The van der Waals surface area contributed by atoms with Crippen molar-refractivity contribution in [3.63, 3.8) is 0 Å². The van der Waals surface area contributed by atoms with Gasteiger partial charge in [0.15, 0.2) is 0 Å². The lowest BCUT2D eigenvalue weighted by molar-refractivity contribution is -0.119. The second kappa shape index (κ2) is 7.31. The molecule has 23 heavy (non-hydrogen) atoms. The van der Waals surface area contributed by atoms with E-state index in [1.165, 1.54) is 24.4 Å². The van der Waals surface area contributed by atoms with Gasteiger partial charge in [0.05, 0.1) is 12.8 Å². The molecular weight excluding hydrogens is 294 g/mol. The number of benzene rings is 2. The smallest absolute Gasteiger partial charge is 0.259 e. The lowest BCUT2D eigenvalue weighted by atomic mass is 10.1. The van der Waals surface area contributed by atoms with Gasteiger partial charge in [0.1, 0.15) is 11.5 Å². The fraction of sp³-hybridized carbons (Fsp3) is 0.176. The van der Waals surface area contributed by atoms with Crippen molar-refractivity contribution in [2.75, 3.05) is 11.9 Å². The largest absolute Gasteiger partial charge is 0.508 e. The number of aromatic hydroxyl groups is 2. The molecule has 0 saturated heterocycles. The SMILES string of the molecule is Cc1ccc(NCC(=O)N/N=C\c2ccc(O)cc2O)c(C)c1. The van der Waals surface area contributed by atoms with Gasteiger partial charge in [-0.2, -0.15) is 5.10 Å². The zero-order valence-electron chi connectivity index (χ0n) is 13.0. The highest BCUT2D eigenvalue weighted by molar-refractivity contribution is 5.86. The molecule has 2 aromatic carbocycles. The van der Waals surface area contributed by atoms with E-state index in [0.717, 1.165) is 16.8 Å². The Kier molecular flexibility index (Phi) is 5.19. The van der Waals surface area contributed by atoms with Crippen LogP contribution in [0.3, 0.4) is 0 Å². The van der Waals surface area contributed by atoms with E-state index in [4.69, 9.17) is 0 Å². The van der Waals surface area contributed by atoms with E-state index in [-0.39, 0.29) is 24.0 Å². The minimum Gasteiger partial charge on any atom is -0.508 e. The third-order valence-electron chi connectivity index (χ3n) is 3.23. The fourth-order valence-corrected chi connectivity index (χ4v) is 2.04. The molecule has 0 aliphatic heterocycles. The van der Waals surface area contributed by atoms with Crippen LogP contribution in [0, 0.1) is 13.8 Å². The summed E-state index contributed by atoms with van der Waals surface area (Å²) in [5.41, 5.74) is 5.88. The summed E-state index contributed by atoms with van der Waals surface area (Å²) >= 11 is 0. The molecule has 6 nitrogen and oxygen atoms in total. The normalized spacial score (nSPS) is 10.7. The van der Waals surface area contributed by atoms with Gasteiger partial charge < -0.3 is 15.5 Å². The number of hydrogen-bond donors (Lipinski definition) is 4. The van der Waals surface area contributed by atoms with E-state index in [0.29, 0.717) is 5.56 Å². The third-order valence-corrected chi connectivity index (χ3v) is 3.23. The molecule has 0 aliphatic rings. The standard InChI is InChI=1S/C17H19N3O3/c1-11-3-6-15(12(2)7-11)18-10-17(23)20-19-9-13-4-5-14(21)8-16(13)22/h3-9,18,21-22H,10H2,1-2H3,(H,20,23)/b19-9-. The average molecular weight is 313 g/mol. The van der Waals surface area contributed by atoms with Crippen molar-refractivity contribution in [1.29, 1.82) is 0 Å². The van der Waals surface area contributed by atoms with E-state index >= 15 is 0 Å². The number of carbonyl (C=O) groups excluding carboxylic acids is 1. The summed E-state index contributed by atoms with van der Waals surface area (Å²) in [4.78, 5) is 11.7. The van der Waals surface area contributed by atoms with Crippen LogP contribution in [0.4, 0.5) is 5.69 Å². The molecule has 120 valence electrons. The van der Waals surface area contributed by atoms with Gasteiger partial charge in [0.25, 0.3) is 5.91 Å². The van der Waals surface area contributed by atoms with Gasteiger partial charge in [-0.1, -0.05) is 17.7 Å². The molecule has 0 bridgehead atoms. The van der Waals surface area contributed by atoms with Gasteiger partial charge in [-0.05, 0) is 37.6 Å². The number of rotatable bonds is 5. The Balaban J connectivity index is 1.86. The van der Waals surface area contributed by atoms with Crippen molar-refractivity contribution in [3.8, 4) is 11.5 Å². The summed E-state index contributed by atoms with van der Waals surface area (Å²) < 4.78 is 0. The van der Waals surface area contributed by atoms with Crippen molar-refractivity contribution in [1.82, 2.24) is 5.43 Å². The lowest BCUT2D eigenvalue weighted by Crippen LogP contribution is -2.26. The summed E-state index contributed by atoms with van der Waals surface area (Å²) in [7, 11) is 0. The Labute approximate surface area is 134 Å². The number of anilines is 1. The average Bonchev–Trinajstić information content (AvgIpc) is 2.48. The molecule has 0 atom stereocenters. The molecule has 6 heteroatoms. The zero-order chi connectivity index (χ0) is 16.8. The highest BCUT2D eigenvalue weighted by Gasteiger charge is 2.03. The minimum atomic E-state index is -0.306. The third kappa shape index (κ3) is 4.74. The van der Waals surface area contributed by atoms with Crippen LogP contribution in [-0.2, 0) is 4.79 Å². The first-order valence-corrected chi connectivity index (χ1v) is 7.10. The number of hydrogen-bond acceptors (Lipinski definition) is 5. The second-order valence-electron chi connectivity index (χ2n) is 5.21. The number of phenolic OH excluding ortho intramolecular Hbond substituents is 2. The lowest BCUT2D eigenvalue weighted by Gasteiger charge is -2.09. The first kappa shape index (κ1) is 16.4. The Hall–Kier alpha value is -3.02. The molecule has 0 radical (unpaired) electrons. The van der Waals surface area contributed by atoms with E-state index in [1.807, 2.05) is 32.0 Å². The van der Waals surface area contributed by atoms with E-state index in [9.17, 15) is 15.0 Å². The molecule has 0 heterocycles. The van der Waals surface area contributed by atoms with Crippen LogP contribution in [0.25, 0.3) is 0 Å². The minimum absolute atomic E-state index is 0.0404. The molecule has 0 unspecified atom stereocenters. The van der Waals surface area contributed by atoms with Crippen molar-refractivity contribution in [2.45, 2.75) is 13.8 Å². The van der Waals surface area contributed by atoms with Gasteiger partial charge in [-0.3, -0.25) is 4.79 Å². The molecular formula is C17H19N3O3. The van der Waals surface area contributed by atoms with Crippen molar-refractivity contribution < 1.29 is 15.0 Å². The van der Waals surface area contributed by atoms with Gasteiger partial charge in [0.2, 0.25) is 0 Å². The highest BCUT2D eigenvalue weighted by atomic mass is 16.3. The van der Waals surface area contributed by atoms with E-state index in [1.54, 1.807) is 0 Å². The van der Waals surface area contributed by atoms with Crippen LogP contribution >= 0.6 is 0 Å². The Bertz CT molecular complexity index is 742. The maximum absolute atomic E-state index is 11.7. The monoisotopic (exact) mass is 313 g/mol. The van der Waals surface area contributed by atoms with Crippen LogP contribution in [0.5, 0.6) is 11.5 Å². The molecule has 0 fully saturated rings. The van der Waals surface area contributed by atoms with E-state index < -0.39 is 0 Å². The van der Waals surface area contributed by atoms with Crippen LogP contribution in [0.2, 0.25) is 0 Å². The van der Waals surface area contributed by atoms with Gasteiger partial charge in [-0.25, -0.2) is 5.43 Å². The molecule has 0 aliphatic carbocycles. The fourth-order valence-electron chi connectivity index (χ4n) is 2.04. The molecule has 2 rings (SSSR count). The maximum Gasteiger partial charge on any atom is 0.259 e. The Morgan fingerprint density at radius 1 is 1.17 bits per heavy atom. The summed E-state index contributed by atoms with van der Waals surface area (Å²) in [6, 6.07) is 10.0. The molecule has 2 aromatic rings. The number of nitrogens with zero attached hydrogens (tertiary/aromatic N) is 1. The van der Waals surface area contributed by atoms with Crippen LogP contribution in [-0.4, -0.2) is 28.9 Å². The molecule has 0 spiro atoms. The van der Waals surface area contributed by atoms with Crippen molar-refractivity contribution in [2.24, 2.45) is 5.10 Å². The van der Waals surface area contributed by atoms with Gasteiger partial charge in [-0.15, -0.1) is 0 Å². The number of aryl methyl sites for hydroxylation is 2. The first-order valence-electron chi connectivity index (χ1n) is 7.10. The first-order chi connectivity index (χ1) is 11.0. The molecule has 0 aromatic heterocycles. The maximum atomic E-state index is 11.7. The second-order valence-corrected chi connectivity index (χ2v) is 5.21. The summed E-state index contributed by atoms with van der Waals surface area (Å²) in [6.07, 6.45) is 1.31. The van der Waals surface area contributed by atoms with Crippen molar-refractivity contribution in [3.05, 3.63) is 53.1 Å². The summed E-state index contributed by atoms with van der Waals surface area (Å²) in [5, 5.41) is 25.6. The number of amides is 1. The number of phenols is 2. The Morgan fingerprint density at radius 3 is 2.65 bits per heavy atom. The number of nitrogens with one attached hydrogen (secondary N) is 2. The quantitative estimate of drug-likeness (QED) is 0.503. The van der Waals surface area contributed by atoms with Crippen molar-refractivity contribution >= 4 is 17.8 Å². The molecule has 1 amide bonds. The van der Waals surface area contributed by atoms with Crippen LogP contribution in [0.1, 0.15) is 16.7 Å². The van der Waals surface area contributed by atoms with E-state index in [2.05, 4.69) is 15.8 Å². The van der Waals surface area contributed by atoms with Crippen LogP contribution in [0.15, 0.2) is 41.5 Å². The van der Waals surface area contributed by atoms with Gasteiger partial charge in [0, 0.05) is 17.3 Å². The van der Waals surface area contributed by atoms with Crippen LogP contribution < -0.4 is 10.7 Å². The summed E-state index contributed by atoms with van der Waals surface area (Å²) in [6.45, 7) is 4.07.